The van der Waals surface area contributed by atoms with Crippen molar-refractivity contribution in [2.24, 2.45) is 0 Å². The van der Waals surface area contributed by atoms with Crippen LogP contribution in [0.4, 0.5) is 0 Å². The Hall–Kier alpha value is -3.37. The standard InChI is InChI=1S/C25H19ClO4/c1-2-16-12-21-20(17-6-4-3-5-7-17)13-25(28)30-24(21)14-23(16)29-15-22(27)18-8-10-19(26)11-9-18/h3-14H,2,15H2,1H3. The Morgan fingerprint density at radius 2 is 1.73 bits per heavy atom. The third-order valence-corrected chi connectivity index (χ3v) is 5.17. The van der Waals surface area contributed by atoms with Crippen LogP contribution < -0.4 is 10.4 Å². The lowest BCUT2D eigenvalue weighted by molar-refractivity contribution is 0.0921. The summed E-state index contributed by atoms with van der Waals surface area (Å²) in [4.78, 5) is 24.6. The molecular weight excluding hydrogens is 400 g/mol. The lowest BCUT2D eigenvalue weighted by Crippen LogP contribution is -2.12. The van der Waals surface area contributed by atoms with E-state index in [0.717, 1.165) is 22.1 Å². The Bertz CT molecular complexity index is 1260. The molecule has 4 rings (SSSR count). The van der Waals surface area contributed by atoms with Crippen molar-refractivity contribution in [3.8, 4) is 16.9 Å². The molecule has 0 N–H and O–H groups in total. The fourth-order valence-electron chi connectivity index (χ4n) is 3.36. The molecule has 4 nitrogen and oxygen atoms in total. The van der Waals surface area contributed by atoms with Gasteiger partial charge in [-0.15, -0.1) is 0 Å². The van der Waals surface area contributed by atoms with E-state index in [1.54, 1.807) is 30.3 Å². The van der Waals surface area contributed by atoms with E-state index >= 15 is 0 Å². The van der Waals surface area contributed by atoms with Crippen LogP contribution in [-0.4, -0.2) is 12.4 Å². The molecule has 150 valence electrons. The number of aryl methyl sites for hydroxylation is 1. The van der Waals surface area contributed by atoms with Crippen LogP contribution in [0.2, 0.25) is 5.02 Å². The van der Waals surface area contributed by atoms with Crippen LogP contribution in [0.15, 0.2) is 82.0 Å². The number of fused-ring (bicyclic) bond motifs is 1. The van der Waals surface area contributed by atoms with Gasteiger partial charge in [-0.3, -0.25) is 4.79 Å². The number of halogens is 1. The number of hydrogen-bond donors (Lipinski definition) is 0. The Morgan fingerprint density at radius 1 is 1.00 bits per heavy atom. The summed E-state index contributed by atoms with van der Waals surface area (Å²) in [6, 6.07) is 21.5. The number of rotatable bonds is 6. The van der Waals surface area contributed by atoms with Gasteiger partial charge in [-0.2, -0.15) is 0 Å². The first-order valence-electron chi connectivity index (χ1n) is 9.63. The molecule has 0 aliphatic rings. The number of Topliss-reactive ketones (excluding diaryl/α,β-unsaturated/α-hetero) is 1. The fourth-order valence-corrected chi connectivity index (χ4v) is 3.49. The van der Waals surface area contributed by atoms with Crippen LogP contribution in [0.1, 0.15) is 22.8 Å². The summed E-state index contributed by atoms with van der Waals surface area (Å²) in [5.74, 6) is 0.369. The number of ketones is 1. The average Bonchev–Trinajstić information content (AvgIpc) is 2.77. The Morgan fingerprint density at radius 3 is 2.43 bits per heavy atom. The summed E-state index contributed by atoms with van der Waals surface area (Å²) in [6.07, 6.45) is 0.702. The summed E-state index contributed by atoms with van der Waals surface area (Å²) in [5.41, 5.74) is 3.18. The molecule has 0 atom stereocenters. The second-order valence-corrected chi connectivity index (χ2v) is 7.31. The van der Waals surface area contributed by atoms with Gasteiger partial charge in [0, 0.05) is 28.1 Å². The normalized spacial score (nSPS) is 10.9. The van der Waals surface area contributed by atoms with Crippen LogP contribution in [0.5, 0.6) is 5.75 Å². The van der Waals surface area contributed by atoms with E-state index in [1.807, 2.05) is 43.3 Å². The van der Waals surface area contributed by atoms with Crippen LogP contribution in [0, 0.1) is 0 Å². The van der Waals surface area contributed by atoms with Gasteiger partial charge in [0.2, 0.25) is 0 Å². The minimum Gasteiger partial charge on any atom is -0.485 e. The maximum atomic E-state index is 12.4. The average molecular weight is 419 g/mol. The number of hydrogen-bond acceptors (Lipinski definition) is 4. The third kappa shape index (κ3) is 4.14. The number of benzene rings is 3. The minimum absolute atomic E-state index is 0.122. The largest absolute Gasteiger partial charge is 0.485 e. The molecular formula is C25H19ClO4. The first-order chi connectivity index (χ1) is 14.5. The summed E-state index contributed by atoms with van der Waals surface area (Å²) >= 11 is 5.88. The Labute approximate surface area is 178 Å². The van der Waals surface area contributed by atoms with E-state index in [4.69, 9.17) is 20.8 Å². The fraction of sp³-hybridized carbons (Fsp3) is 0.120. The van der Waals surface area contributed by atoms with Gasteiger partial charge in [-0.25, -0.2) is 4.79 Å². The molecule has 0 aliphatic heterocycles. The van der Waals surface area contributed by atoms with Crippen LogP contribution in [-0.2, 0) is 6.42 Å². The highest BCUT2D eigenvalue weighted by molar-refractivity contribution is 6.30. The van der Waals surface area contributed by atoms with Gasteiger partial charge in [-0.05, 0) is 53.4 Å². The summed E-state index contributed by atoms with van der Waals surface area (Å²) in [5, 5.41) is 1.40. The highest BCUT2D eigenvalue weighted by atomic mass is 35.5. The van der Waals surface area contributed by atoms with Gasteiger partial charge in [0.05, 0.1) is 0 Å². The van der Waals surface area contributed by atoms with Crippen LogP contribution in [0.25, 0.3) is 22.1 Å². The minimum atomic E-state index is -0.436. The molecule has 3 aromatic carbocycles. The molecule has 0 saturated heterocycles. The summed E-state index contributed by atoms with van der Waals surface area (Å²) in [7, 11) is 0. The van der Waals surface area contributed by atoms with Crippen molar-refractivity contribution in [2.75, 3.05) is 6.61 Å². The molecule has 0 bridgehead atoms. The van der Waals surface area contributed by atoms with E-state index in [0.29, 0.717) is 28.3 Å². The zero-order valence-corrected chi connectivity index (χ0v) is 17.1. The van der Waals surface area contributed by atoms with Gasteiger partial charge in [0.15, 0.2) is 12.4 Å². The van der Waals surface area contributed by atoms with Gasteiger partial charge < -0.3 is 9.15 Å². The first kappa shape index (κ1) is 19.9. The maximum Gasteiger partial charge on any atom is 0.336 e. The number of carbonyl (C=O) groups excluding carboxylic acids is 1. The monoisotopic (exact) mass is 418 g/mol. The smallest absolute Gasteiger partial charge is 0.336 e. The van der Waals surface area contributed by atoms with Gasteiger partial charge in [0.25, 0.3) is 0 Å². The van der Waals surface area contributed by atoms with E-state index < -0.39 is 5.63 Å². The SMILES string of the molecule is CCc1cc2c(-c3ccccc3)cc(=O)oc2cc1OCC(=O)c1ccc(Cl)cc1. The van der Waals surface area contributed by atoms with Crippen molar-refractivity contribution in [1.82, 2.24) is 0 Å². The molecule has 5 heteroatoms. The zero-order chi connectivity index (χ0) is 21.1. The van der Waals surface area contributed by atoms with Gasteiger partial charge >= 0.3 is 5.63 Å². The molecule has 4 aromatic rings. The Balaban J connectivity index is 1.70. The number of ether oxygens (including phenoxy) is 1. The lowest BCUT2D eigenvalue weighted by atomic mass is 9.99. The molecule has 0 amide bonds. The molecule has 0 saturated carbocycles. The second-order valence-electron chi connectivity index (χ2n) is 6.87. The molecule has 0 aliphatic carbocycles. The van der Waals surface area contributed by atoms with E-state index in [2.05, 4.69) is 0 Å². The van der Waals surface area contributed by atoms with Crippen molar-refractivity contribution >= 4 is 28.4 Å². The molecule has 0 fully saturated rings. The highest BCUT2D eigenvalue weighted by Crippen LogP contribution is 2.32. The van der Waals surface area contributed by atoms with E-state index in [9.17, 15) is 9.59 Å². The van der Waals surface area contributed by atoms with Crippen LogP contribution in [0.3, 0.4) is 0 Å². The maximum absolute atomic E-state index is 12.4. The number of carbonyl (C=O) groups is 1. The van der Waals surface area contributed by atoms with Crippen molar-refractivity contribution in [3.63, 3.8) is 0 Å². The Kier molecular flexibility index (Phi) is 5.68. The molecule has 1 heterocycles. The molecule has 0 radical (unpaired) electrons. The molecule has 0 spiro atoms. The van der Waals surface area contributed by atoms with Gasteiger partial charge in [-0.1, -0.05) is 48.9 Å². The van der Waals surface area contributed by atoms with E-state index in [-0.39, 0.29) is 12.4 Å². The predicted molar refractivity (Wildman–Crippen MR) is 119 cm³/mol. The van der Waals surface area contributed by atoms with Crippen molar-refractivity contribution in [3.05, 3.63) is 99.4 Å². The molecule has 0 unspecified atom stereocenters. The second kappa shape index (κ2) is 8.56. The van der Waals surface area contributed by atoms with Crippen molar-refractivity contribution < 1.29 is 13.9 Å². The zero-order valence-electron chi connectivity index (χ0n) is 16.4. The topological polar surface area (TPSA) is 56.5 Å². The van der Waals surface area contributed by atoms with Gasteiger partial charge in [0.1, 0.15) is 11.3 Å². The quantitative estimate of drug-likeness (QED) is 0.287. The molecule has 30 heavy (non-hydrogen) atoms. The van der Waals surface area contributed by atoms with Crippen molar-refractivity contribution in [2.45, 2.75) is 13.3 Å². The molecule has 1 aromatic heterocycles. The van der Waals surface area contributed by atoms with Crippen molar-refractivity contribution in [1.29, 1.82) is 0 Å². The summed E-state index contributed by atoms with van der Waals surface area (Å²) < 4.78 is 11.3. The van der Waals surface area contributed by atoms with E-state index in [1.165, 1.54) is 6.07 Å². The highest BCUT2D eigenvalue weighted by Gasteiger charge is 2.14. The first-order valence-corrected chi connectivity index (χ1v) is 10.0. The summed E-state index contributed by atoms with van der Waals surface area (Å²) in [6.45, 7) is 1.89. The third-order valence-electron chi connectivity index (χ3n) is 4.92. The van der Waals surface area contributed by atoms with Crippen LogP contribution >= 0.6 is 11.6 Å². The predicted octanol–water partition coefficient (Wildman–Crippen LogP) is 5.94. The lowest BCUT2D eigenvalue weighted by Gasteiger charge is -2.13.